The van der Waals surface area contributed by atoms with Crippen molar-refractivity contribution < 1.29 is 26.2 Å². The maximum Gasteiger partial charge on any atom is 0.137 e. The number of halogens is 1. The summed E-state index contributed by atoms with van der Waals surface area (Å²) in [7, 11) is 4.49. The maximum absolute atomic E-state index is 5.75. The summed E-state index contributed by atoms with van der Waals surface area (Å²) < 4.78 is 6.70. The Morgan fingerprint density at radius 1 is 1.05 bits per heavy atom. The van der Waals surface area contributed by atoms with E-state index in [1.165, 1.54) is 4.88 Å². The first-order valence-electron chi connectivity index (χ1n) is 6.18. The predicted molar refractivity (Wildman–Crippen MR) is 76.9 cm³/mol. The summed E-state index contributed by atoms with van der Waals surface area (Å²) in [6, 6.07) is 14.3. The highest BCUT2D eigenvalue weighted by Crippen LogP contribution is 2.15. The molecule has 1 heterocycles. The van der Waals surface area contributed by atoms with Crippen molar-refractivity contribution in [1.29, 1.82) is 0 Å². The second-order valence-corrected chi connectivity index (χ2v) is 6.09. The van der Waals surface area contributed by atoms with E-state index in [-0.39, 0.29) is 17.0 Å². The third-order valence-corrected chi connectivity index (χ3v) is 3.73. The molecule has 0 radical (unpaired) electrons. The molecule has 4 heteroatoms. The number of hydrogen-bond donors (Lipinski definition) is 0. The van der Waals surface area contributed by atoms with Gasteiger partial charge in [-0.25, -0.2) is 0 Å². The van der Waals surface area contributed by atoms with E-state index in [1.54, 1.807) is 0 Å². The Morgan fingerprint density at radius 3 is 2.42 bits per heavy atom. The van der Waals surface area contributed by atoms with Gasteiger partial charge in [0.1, 0.15) is 25.4 Å². The molecule has 0 N–H and O–H groups in total. The fourth-order valence-corrected chi connectivity index (χ4v) is 2.74. The Balaban J connectivity index is 0.00000180. The first kappa shape index (κ1) is 16.2. The van der Waals surface area contributed by atoms with E-state index >= 15 is 0 Å². The van der Waals surface area contributed by atoms with Gasteiger partial charge in [0, 0.05) is 0 Å². The smallest absolute Gasteiger partial charge is 0.137 e. The number of quaternary nitrogens is 1. The van der Waals surface area contributed by atoms with Gasteiger partial charge in [-0.3, -0.25) is 0 Å². The average Bonchev–Trinajstić information content (AvgIpc) is 2.82. The molecule has 104 valence electrons. The molecule has 0 spiro atoms. The molecular weight excluding hydrogens is 322 g/mol. The third kappa shape index (κ3) is 5.76. The van der Waals surface area contributed by atoms with Crippen molar-refractivity contribution in [2.75, 3.05) is 27.2 Å². The van der Waals surface area contributed by atoms with Crippen LogP contribution in [-0.2, 0) is 6.54 Å². The van der Waals surface area contributed by atoms with Crippen LogP contribution in [0.4, 0.5) is 0 Å². The second kappa shape index (κ2) is 7.68. The van der Waals surface area contributed by atoms with Crippen molar-refractivity contribution in [2.24, 2.45) is 0 Å². The number of nitrogens with zero attached hydrogens (tertiary/aromatic N) is 1. The van der Waals surface area contributed by atoms with E-state index in [0.29, 0.717) is 0 Å². The van der Waals surface area contributed by atoms with Gasteiger partial charge in [-0.15, -0.1) is 11.3 Å². The van der Waals surface area contributed by atoms with Gasteiger partial charge in [-0.2, -0.15) is 0 Å². The van der Waals surface area contributed by atoms with Crippen LogP contribution in [0.15, 0.2) is 47.8 Å². The monoisotopic (exact) mass is 341 g/mol. The summed E-state index contributed by atoms with van der Waals surface area (Å²) >= 11 is 1.82. The molecular formula is C15H20BrNOS. The zero-order chi connectivity index (χ0) is 12.8. The Hall–Kier alpha value is -0.840. The molecule has 19 heavy (non-hydrogen) atoms. The molecule has 1 aromatic carbocycles. The molecule has 1 aromatic heterocycles. The number of thiophene rings is 1. The van der Waals surface area contributed by atoms with Crippen molar-refractivity contribution >= 4 is 11.3 Å². The fourth-order valence-electron chi connectivity index (χ4n) is 1.83. The molecule has 0 aliphatic rings. The van der Waals surface area contributed by atoms with Crippen LogP contribution in [0, 0.1) is 0 Å². The lowest BCUT2D eigenvalue weighted by Gasteiger charge is -2.29. The van der Waals surface area contributed by atoms with Crippen molar-refractivity contribution in [2.45, 2.75) is 6.54 Å². The van der Waals surface area contributed by atoms with E-state index in [2.05, 4.69) is 31.6 Å². The van der Waals surface area contributed by atoms with Gasteiger partial charge in [0.25, 0.3) is 0 Å². The van der Waals surface area contributed by atoms with Gasteiger partial charge in [-0.05, 0) is 23.6 Å². The van der Waals surface area contributed by atoms with E-state index in [4.69, 9.17) is 4.74 Å². The molecule has 0 aliphatic carbocycles. The van der Waals surface area contributed by atoms with E-state index in [1.807, 2.05) is 41.7 Å². The van der Waals surface area contributed by atoms with Gasteiger partial charge in [0.15, 0.2) is 0 Å². The van der Waals surface area contributed by atoms with Crippen LogP contribution in [0.1, 0.15) is 4.88 Å². The molecule has 0 bridgehead atoms. The average molecular weight is 342 g/mol. The molecule has 2 nitrogen and oxygen atoms in total. The van der Waals surface area contributed by atoms with Crippen LogP contribution in [-0.4, -0.2) is 31.7 Å². The lowest BCUT2D eigenvalue weighted by molar-refractivity contribution is -0.903. The molecule has 0 saturated carbocycles. The predicted octanol–water partition coefficient (Wildman–Crippen LogP) is 0.408. The van der Waals surface area contributed by atoms with Gasteiger partial charge < -0.3 is 26.2 Å². The minimum Gasteiger partial charge on any atom is -1.00 e. The standard InChI is InChI=1S/C15H20NOS.BrH/c1-16(2,13-15-9-6-12-18-15)10-11-17-14-7-4-3-5-8-14;/h3-9,12H,10-11,13H2,1-2H3;1H/q+1;/p-1. The Labute approximate surface area is 130 Å². The highest BCUT2D eigenvalue weighted by atomic mass is 79.9. The van der Waals surface area contributed by atoms with Crippen molar-refractivity contribution in [1.82, 2.24) is 0 Å². The largest absolute Gasteiger partial charge is 1.00 e. The van der Waals surface area contributed by atoms with Gasteiger partial charge >= 0.3 is 0 Å². The molecule has 0 amide bonds. The van der Waals surface area contributed by atoms with E-state index in [9.17, 15) is 0 Å². The van der Waals surface area contributed by atoms with Gasteiger partial charge in [-0.1, -0.05) is 24.3 Å². The van der Waals surface area contributed by atoms with Crippen LogP contribution in [0.25, 0.3) is 0 Å². The van der Waals surface area contributed by atoms with Crippen LogP contribution in [0.5, 0.6) is 5.75 Å². The highest BCUT2D eigenvalue weighted by Gasteiger charge is 2.16. The van der Waals surface area contributed by atoms with E-state index < -0.39 is 0 Å². The molecule has 0 unspecified atom stereocenters. The lowest BCUT2D eigenvalue weighted by Crippen LogP contribution is -3.00. The molecule has 0 fully saturated rings. The van der Waals surface area contributed by atoms with Crippen molar-refractivity contribution in [3.05, 3.63) is 52.7 Å². The summed E-state index contributed by atoms with van der Waals surface area (Å²) in [5.74, 6) is 0.952. The summed E-state index contributed by atoms with van der Waals surface area (Å²) in [5, 5.41) is 2.13. The van der Waals surface area contributed by atoms with E-state index in [0.717, 1.165) is 29.9 Å². The third-order valence-electron chi connectivity index (χ3n) is 2.87. The number of rotatable bonds is 6. The fraction of sp³-hybridized carbons (Fsp3) is 0.333. The molecule has 0 atom stereocenters. The molecule has 2 rings (SSSR count). The molecule has 0 saturated heterocycles. The topological polar surface area (TPSA) is 9.23 Å². The number of benzene rings is 1. The highest BCUT2D eigenvalue weighted by molar-refractivity contribution is 7.09. The SMILES string of the molecule is C[N+](C)(CCOc1ccccc1)Cc1cccs1.[Br-]. The summed E-state index contributed by atoms with van der Waals surface area (Å²) in [6.07, 6.45) is 0. The first-order valence-corrected chi connectivity index (χ1v) is 7.06. The second-order valence-electron chi connectivity index (χ2n) is 5.06. The number of para-hydroxylation sites is 1. The van der Waals surface area contributed by atoms with Crippen LogP contribution in [0.3, 0.4) is 0 Å². The number of hydrogen-bond acceptors (Lipinski definition) is 2. The Bertz CT molecular complexity index is 456. The Morgan fingerprint density at radius 2 is 1.79 bits per heavy atom. The zero-order valence-corrected chi connectivity index (χ0v) is 13.8. The summed E-state index contributed by atoms with van der Waals surface area (Å²) in [5.41, 5.74) is 0. The molecule has 0 aliphatic heterocycles. The minimum absolute atomic E-state index is 0. The summed E-state index contributed by atoms with van der Waals surface area (Å²) in [6.45, 7) is 2.82. The normalized spacial score (nSPS) is 10.8. The number of ether oxygens (including phenoxy) is 1. The minimum atomic E-state index is 0. The summed E-state index contributed by atoms with van der Waals surface area (Å²) in [4.78, 5) is 1.43. The maximum atomic E-state index is 5.75. The first-order chi connectivity index (χ1) is 8.66. The quantitative estimate of drug-likeness (QED) is 0.691. The molecule has 2 aromatic rings. The van der Waals surface area contributed by atoms with Crippen molar-refractivity contribution in [3.63, 3.8) is 0 Å². The number of likely N-dealkylation sites (N-methyl/N-ethyl adjacent to an activating group) is 1. The van der Waals surface area contributed by atoms with Crippen LogP contribution < -0.4 is 21.7 Å². The lowest BCUT2D eigenvalue weighted by atomic mass is 10.3. The van der Waals surface area contributed by atoms with Crippen molar-refractivity contribution in [3.8, 4) is 5.75 Å². The Kier molecular flexibility index (Phi) is 6.55. The zero-order valence-electron chi connectivity index (χ0n) is 11.4. The van der Waals surface area contributed by atoms with Crippen LogP contribution >= 0.6 is 11.3 Å². The van der Waals surface area contributed by atoms with Gasteiger partial charge in [0.05, 0.1) is 19.0 Å². The van der Waals surface area contributed by atoms with Crippen LogP contribution in [0.2, 0.25) is 0 Å². The van der Waals surface area contributed by atoms with Gasteiger partial charge in [0.2, 0.25) is 0 Å².